The molecule has 0 aromatic heterocycles. The van der Waals surface area contributed by atoms with E-state index < -0.39 is 18.6 Å². The fourth-order valence-electron chi connectivity index (χ4n) is 2.62. The predicted octanol–water partition coefficient (Wildman–Crippen LogP) is 4.18. The van der Waals surface area contributed by atoms with Gasteiger partial charge in [0.2, 0.25) is 0 Å². The number of phenols is 1. The van der Waals surface area contributed by atoms with E-state index in [-0.39, 0.29) is 37.0 Å². The molecular weight excluding hydrogens is 376 g/mol. The van der Waals surface area contributed by atoms with Crippen LogP contribution in [0.4, 0.5) is 13.2 Å². The Morgan fingerprint density at radius 1 is 1.22 bits per heavy atom. The normalized spacial score (nSPS) is 17.0. The Balaban J connectivity index is 0.00000242. The highest BCUT2D eigenvalue weighted by molar-refractivity contribution is 6.30. The lowest BCUT2D eigenvalue weighted by molar-refractivity contribution is -0.138. The summed E-state index contributed by atoms with van der Waals surface area (Å²) in [5, 5.41) is 13.6. The minimum Gasteiger partial charge on any atom is -0.508 e. The maximum Gasteiger partial charge on any atom is 0.389 e. The molecule has 2 rings (SSSR count). The van der Waals surface area contributed by atoms with Gasteiger partial charge in [0.1, 0.15) is 5.75 Å². The average Bonchev–Trinajstić information content (AvgIpc) is 2.43. The molecule has 1 aliphatic heterocycles. The minimum atomic E-state index is -4.21. The Morgan fingerprint density at radius 3 is 2.39 bits per heavy atom. The van der Waals surface area contributed by atoms with Gasteiger partial charge in [-0.15, -0.1) is 24.8 Å². The minimum absolute atomic E-state index is 0. The Bertz CT molecular complexity index is 483. The molecule has 1 atom stereocenters. The third-order valence-corrected chi connectivity index (χ3v) is 3.88. The zero-order valence-electron chi connectivity index (χ0n) is 12.3. The van der Waals surface area contributed by atoms with E-state index in [1.807, 2.05) is 4.90 Å². The molecule has 0 aliphatic carbocycles. The van der Waals surface area contributed by atoms with Gasteiger partial charge < -0.3 is 10.4 Å². The van der Waals surface area contributed by atoms with Gasteiger partial charge in [0, 0.05) is 49.2 Å². The molecule has 3 nitrogen and oxygen atoms in total. The zero-order chi connectivity index (χ0) is 15.5. The maximum absolute atomic E-state index is 12.6. The summed E-state index contributed by atoms with van der Waals surface area (Å²) in [5.74, 6) is -0.00916. The van der Waals surface area contributed by atoms with E-state index in [0.29, 0.717) is 23.7 Å². The van der Waals surface area contributed by atoms with Crippen LogP contribution >= 0.6 is 36.4 Å². The van der Waals surface area contributed by atoms with Gasteiger partial charge in [-0.2, -0.15) is 13.2 Å². The molecule has 134 valence electrons. The van der Waals surface area contributed by atoms with Gasteiger partial charge in [0.25, 0.3) is 0 Å². The molecular formula is C14H20Cl3F3N2O. The quantitative estimate of drug-likeness (QED) is 0.803. The molecule has 1 fully saturated rings. The van der Waals surface area contributed by atoms with E-state index in [9.17, 15) is 18.3 Å². The maximum atomic E-state index is 12.6. The van der Waals surface area contributed by atoms with Crippen LogP contribution in [0.2, 0.25) is 5.02 Å². The van der Waals surface area contributed by atoms with Crippen molar-refractivity contribution in [3.8, 4) is 5.75 Å². The van der Waals surface area contributed by atoms with Crippen molar-refractivity contribution >= 4 is 36.4 Å². The van der Waals surface area contributed by atoms with E-state index in [2.05, 4.69) is 5.32 Å². The largest absolute Gasteiger partial charge is 0.508 e. The molecule has 0 saturated carbocycles. The molecule has 1 aromatic carbocycles. The Hall–Kier alpha value is -0.400. The van der Waals surface area contributed by atoms with Crippen LogP contribution in [0.1, 0.15) is 24.4 Å². The third kappa shape index (κ3) is 6.93. The summed E-state index contributed by atoms with van der Waals surface area (Å²) in [7, 11) is 0. The Morgan fingerprint density at radius 2 is 1.83 bits per heavy atom. The van der Waals surface area contributed by atoms with Crippen LogP contribution in [-0.4, -0.2) is 42.4 Å². The van der Waals surface area contributed by atoms with Crippen molar-refractivity contribution < 1.29 is 18.3 Å². The first kappa shape index (κ1) is 22.6. The van der Waals surface area contributed by atoms with Gasteiger partial charge in [0.15, 0.2) is 0 Å². The van der Waals surface area contributed by atoms with Crippen LogP contribution in [0.15, 0.2) is 18.2 Å². The summed E-state index contributed by atoms with van der Waals surface area (Å²) in [5.41, 5.74) is 0.466. The number of nitrogens with one attached hydrogen (secondary N) is 1. The monoisotopic (exact) mass is 394 g/mol. The summed E-state index contributed by atoms with van der Waals surface area (Å²) in [6.45, 7) is 2.75. The van der Waals surface area contributed by atoms with Crippen molar-refractivity contribution in [2.75, 3.05) is 26.2 Å². The topological polar surface area (TPSA) is 35.5 Å². The fraction of sp³-hybridized carbons (Fsp3) is 0.571. The van der Waals surface area contributed by atoms with Crippen LogP contribution in [0.3, 0.4) is 0 Å². The van der Waals surface area contributed by atoms with Gasteiger partial charge in [-0.3, -0.25) is 4.90 Å². The lowest BCUT2D eigenvalue weighted by Gasteiger charge is -2.35. The zero-order valence-corrected chi connectivity index (χ0v) is 14.7. The highest BCUT2D eigenvalue weighted by atomic mass is 35.5. The number of rotatable bonds is 4. The summed E-state index contributed by atoms with van der Waals surface area (Å²) in [4.78, 5) is 1.97. The van der Waals surface area contributed by atoms with E-state index in [4.69, 9.17) is 11.6 Å². The highest BCUT2D eigenvalue weighted by Gasteiger charge is 2.32. The molecule has 0 amide bonds. The van der Waals surface area contributed by atoms with E-state index in [1.165, 1.54) is 12.1 Å². The second-order valence-corrected chi connectivity index (χ2v) is 5.60. The standard InChI is InChI=1S/C14H18ClF3N2O.2ClH/c15-10-1-2-13(21)11(9-10)12(3-4-14(16,17)18)20-7-5-19-6-8-20;;/h1-2,9,12,19,21H,3-8H2;2*1H/t12-;;/m0../s1. The van der Waals surface area contributed by atoms with Crippen LogP contribution < -0.4 is 5.32 Å². The summed E-state index contributed by atoms with van der Waals surface area (Å²) < 4.78 is 37.7. The fourth-order valence-corrected chi connectivity index (χ4v) is 2.80. The number of alkyl halides is 3. The Kier molecular flexibility index (Phi) is 9.62. The molecule has 23 heavy (non-hydrogen) atoms. The van der Waals surface area contributed by atoms with Gasteiger partial charge in [-0.25, -0.2) is 0 Å². The molecule has 0 unspecified atom stereocenters. The summed E-state index contributed by atoms with van der Waals surface area (Å²) in [6.07, 6.45) is -5.18. The van der Waals surface area contributed by atoms with Crippen molar-refractivity contribution in [3.05, 3.63) is 28.8 Å². The number of piperazine rings is 1. The lowest BCUT2D eigenvalue weighted by Crippen LogP contribution is -2.45. The second-order valence-electron chi connectivity index (χ2n) is 5.16. The number of phenolic OH excluding ortho intramolecular Hbond substituents is 1. The van der Waals surface area contributed by atoms with Crippen molar-refractivity contribution in [3.63, 3.8) is 0 Å². The smallest absolute Gasteiger partial charge is 0.389 e. The van der Waals surface area contributed by atoms with Crippen molar-refractivity contribution in [2.45, 2.75) is 25.1 Å². The molecule has 1 saturated heterocycles. The molecule has 0 bridgehead atoms. The molecule has 1 heterocycles. The van der Waals surface area contributed by atoms with Gasteiger partial charge >= 0.3 is 6.18 Å². The van der Waals surface area contributed by atoms with Crippen LogP contribution in [0.25, 0.3) is 0 Å². The first-order valence-electron chi connectivity index (χ1n) is 6.87. The van der Waals surface area contributed by atoms with Crippen LogP contribution in [0.5, 0.6) is 5.75 Å². The molecule has 9 heteroatoms. The number of hydrogen-bond acceptors (Lipinski definition) is 3. The van der Waals surface area contributed by atoms with Crippen molar-refractivity contribution in [2.24, 2.45) is 0 Å². The van der Waals surface area contributed by atoms with Gasteiger partial charge in [0.05, 0.1) is 0 Å². The Labute approximate surface area is 151 Å². The van der Waals surface area contributed by atoms with E-state index in [1.54, 1.807) is 6.07 Å². The van der Waals surface area contributed by atoms with E-state index >= 15 is 0 Å². The second kappa shape index (κ2) is 9.79. The van der Waals surface area contributed by atoms with Gasteiger partial charge in [-0.05, 0) is 24.6 Å². The number of benzene rings is 1. The molecule has 1 aliphatic rings. The number of nitrogens with zero attached hydrogens (tertiary/aromatic N) is 1. The number of hydrogen-bond donors (Lipinski definition) is 2. The molecule has 2 N–H and O–H groups in total. The lowest BCUT2D eigenvalue weighted by atomic mass is 9.98. The first-order chi connectivity index (χ1) is 9.87. The third-order valence-electron chi connectivity index (χ3n) is 3.64. The van der Waals surface area contributed by atoms with E-state index in [0.717, 1.165) is 13.1 Å². The first-order valence-corrected chi connectivity index (χ1v) is 7.24. The molecule has 1 aromatic rings. The van der Waals surface area contributed by atoms with Crippen LogP contribution in [-0.2, 0) is 0 Å². The average molecular weight is 396 g/mol. The number of halogens is 6. The van der Waals surface area contributed by atoms with Crippen molar-refractivity contribution in [1.82, 2.24) is 10.2 Å². The molecule has 0 radical (unpaired) electrons. The predicted molar refractivity (Wildman–Crippen MR) is 90.1 cm³/mol. The number of aromatic hydroxyl groups is 1. The van der Waals surface area contributed by atoms with Crippen LogP contribution in [0, 0.1) is 0 Å². The highest BCUT2D eigenvalue weighted by Crippen LogP contribution is 2.36. The summed E-state index contributed by atoms with van der Waals surface area (Å²) >= 11 is 5.93. The SMILES string of the molecule is Cl.Cl.Oc1ccc(Cl)cc1[C@H](CCC(F)(F)F)N1CCNCC1. The summed E-state index contributed by atoms with van der Waals surface area (Å²) in [6, 6.07) is 4.03. The molecule has 0 spiro atoms. The van der Waals surface area contributed by atoms with Crippen molar-refractivity contribution in [1.29, 1.82) is 0 Å². The van der Waals surface area contributed by atoms with Gasteiger partial charge in [-0.1, -0.05) is 11.6 Å².